The number of hydrogen-bond donors (Lipinski definition) is 1. The van der Waals surface area contributed by atoms with Gasteiger partial charge in [-0.1, -0.05) is 6.07 Å². The van der Waals surface area contributed by atoms with Gasteiger partial charge in [-0.3, -0.25) is 0 Å². The van der Waals surface area contributed by atoms with Gasteiger partial charge in [0.25, 0.3) is 0 Å². The van der Waals surface area contributed by atoms with Gasteiger partial charge in [0.05, 0.1) is 5.69 Å². The Kier molecular flexibility index (Phi) is 4.26. The van der Waals surface area contributed by atoms with Crippen LogP contribution in [0.3, 0.4) is 0 Å². The van der Waals surface area contributed by atoms with Crippen LogP contribution in [0.2, 0.25) is 0 Å². The van der Waals surface area contributed by atoms with Crippen LogP contribution < -0.4 is 9.84 Å². The fraction of sp³-hybridized carbons (Fsp3) is 0.375. The number of halogens is 1. The van der Waals surface area contributed by atoms with Crippen molar-refractivity contribution in [1.29, 1.82) is 0 Å². The fourth-order valence-electron chi connectivity index (χ4n) is 1.41. The molecule has 0 saturated carbocycles. The Balaban J connectivity index is 0.000000980. The van der Waals surface area contributed by atoms with E-state index in [1.165, 1.54) is 5.56 Å². The zero-order chi connectivity index (χ0) is 9.10. The second-order valence-corrected chi connectivity index (χ2v) is 3.18. The summed E-state index contributed by atoms with van der Waals surface area (Å²) >= 11 is 0. The van der Waals surface area contributed by atoms with E-state index in [0.717, 1.165) is 25.2 Å². The first-order chi connectivity index (χ1) is 6.40. The highest BCUT2D eigenvalue weighted by Crippen LogP contribution is 2.18. The zero-order valence-electron chi connectivity index (χ0n) is 7.40. The summed E-state index contributed by atoms with van der Waals surface area (Å²) in [4.78, 5) is 4.23. The molecule has 1 aliphatic heterocycles. The average molecular weight is 233 g/mol. The highest BCUT2D eigenvalue weighted by atomic mass is 35.5. The van der Waals surface area contributed by atoms with E-state index < -0.39 is 0 Å². The second-order valence-electron chi connectivity index (χ2n) is 2.85. The standard InChI is InChI=1S/C8H9N2O2P.ClH/c11-13-12-8-2-1-6-5-9-4-3-7(6)10-8;/h1-2,9H,3-5H2;1H. The molecule has 0 bridgehead atoms. The summed E-state index contributed by atoms with van der Waals surface area (Å²) in [5.41, 5.74) is 2.24. The van der Waals surface area contributed by atoms with E-state index in [1.807, 2.05) is 6.07 Å². The molecule has 14 heavy (non-hydrogen) atoms. The lowest BCUT2D eigenvalue weighted by molar-refractivity contribution is 0.510. The molecule has 4 nitrogen and oxygen atoms in total. The van der Waals surface area contributed by atoms with Crippen LogP contribution in [-0.4, -0.2) is 11.5 Å². The summed E-state index contributed by atoms with van der Waals surface area (Å²) in [6.45, 7) is 1.80. The number of fused-ring (bicyclic) bond motifs is 1. The van der Waals surface area contributed by atoms with Crippen molar-refractivity contribution in [1.82, 2.24) is 10.3 Å². The number of nitrogens with zero attached hydrogens (tertiary/aromatic N) is 1. The van der Waals surface area contributed by atoms with E-state index in [9.17, 15) is 4.57 Å². The molecule has 1 aliphatic rings. The first-order valence-corrected chi connectivity index (χ1v) is 4.82. The van der Waals surface area contributed by atoms with Crippen LogP contribution in [0.5, 0.6) is 5.88 Å². The van der Waals surface area contributed by atoms with E-state index in [-0.39, 0.29) is 21.1 Å². The molecule has 0 atom stereocenters. The number of aromatic nitrogens is 1. The highest BCUT2D eigenvalue weighted by Gasteiger charge is 2.10. The van der Waals surface area contributed by atoms with Gasteiger partial charge in [0.1, 0.15) is 0 Å². The van der Waals surface area contributed by atoms with Gasteiger partial charge in [0.15, 0.2) is 0 Å². The molecule has 1 N–H and O–H groups in total. The minimum atomic E-state index is -0.351. The molecular formula is C8H10ClN2O2P. The van der Waals surface area contributed by atoms with Crippen LogP contribution in [-0.2, 0) is 17.5 Å². The third-order valence-corrected chi connectivity index (χ3v) is 2.29. The molecular weight excluding hydrogens is 223 g/mol. The molecule has 0 unspecified atom stereocenters. The van der Waals surface area contributed by atoms with Crippen molar-refractivity contribution < 1.29 is 9.09 Å². The number of nitrogens with one attached hydrogen (secondary N) is 1. The first-order valence-electron chi connectivity index (χ1n) is 4.09. The topological polar surface area (TPSA) is 51.2 Å². The SMILES string of the molecule is Cl.O=POc1ccc2c(n1)CCNC2. The van der Waals surface area contributed by atoms with Crippen LogP contribution >= 0.6 is 21.1 Å². The Morgan fingerprint density at radius 2 is 2.36 bits per heavy atom. The van der Waals surface area contributed by atoms with Crippen molar-refractivity contribution in [2.75, 3.05) is 6.54 Å². The Bertz CT molecular complexity index is 335. The Hall–Kier alpha value is -0.700. The molecule has 0 aromatic carbocycles. The summed E-state index contributed by atoms with van der Waals surface area (Å²) in [5.74, 6) is 0.428. The number of hydrogen-bond acceptors (Lipinski definition) is 4. The van der Waals surface area contributed by atoms with Gasteiger partial charge in [0.2, 0.25) is 5.88 Å². The monoisotopic (exact) mass is 232 g/mol. The van der Waals surface area contributed by atoms with Gasteiger partial charge in [-0.05, 0) is 5.56 Å². The lowest BCUT2D eigenvalue weighted by Gasteiger charge is -2.15. The molecule has 1 aromatic heterocycles. The fourth-order valence-corrected chi connectivity index (χ4v) is 1.58. The molecule has 0 spiro atoms. The smallest absolute Gasteiger partial charge is 0.388 e. The molecule has 0 amide bonds. The quantitative estimate of drug-likeness (QED) is 0.789. The summed E-state index contributed by atoms with van der Waals surface area (Å²) in [6.07, 6.45) is 0.905. The third-order valence-electron chi connectivity index (χ3n) is 2.03. The van der Waals surface area contributed by atoms with Gasteiger partial charge in [-0.25, -0.2) is 9.55 Å². The van der Waals surface area contributed by atoms with Crippen LogP contribution in [0, 0.1) is 0 Å². The predicted molar refractivity (Wildman–Crippen MR) is 55.1 cm³/mol. The number of rotatable bonds is 2. The van der Waals surface area contributed by atoms with Gasteiger partial charge in [-0.15, -0.1) is 12.4 Å². The van der Waals surface area contributed by atoms with Crippen LogP contribution in [0.1, 0.15) is 11.3 Å². The van der Waals surface area contributed by atoms with E-state index in [0.29, 0.717) is 5.88 Å². The van der Waals surface area contributed by atoms with E-state index in [2.05, 4.69) is 10.3 Å². The van der Waals surface area contributed by atoms with Crippen LogP contribution in [0.25, 0.3) is 0 Å². The normalized spacial score (nSPS) is 14.3. The third kappa shape index (κ3) is 2.41. The van der Waals surface area contributed by atoms with Crippen molar-refractivity contribution in [3.05, 3.63) is 23.4 Å². The molecule has 1 aromatic rings. The molecule has 0 aliphatic carbocycles. The van der Waals surface area contributed by atoms with Gasteiger partial charge in [-0.2, -0.15) is 0 Å². The van der Waals surface area contributed by atoms with Crippen molar-refractivity contribution in [3.8, 4) is 5.88 Å². The summed E-state index contributed by atoms with van der Waals surface area (Å²) in [5, 5.41) is 3.25. The predicted octanol–water partition coefficient (Wildman–Crippen LogP) is 1.73. The molecule has 76 valence electrons. The second kappa shape index (κ2) is 5.25. The minimum Gasteiger partial charge on any atom is -0.388 e. The van der Waals surface area contributed by atoms with Crippen LogP contribution in [0.4, 0.5) is 0 Å². The summed E-state index contributed by atoms with van der Waals surface area (Å²) in [7, 11) is -0.351. The van der Waals surface area contributed by atoms with Crippen molar-refractivity contribution in [2.24, 2.45) is 0 Å². The zero-order valence-corrected chi connectivity index (χ0v) is 9.11. The molecule has 0 fully saturated rings. The van der Waals surface area contributed by atoms with Crippen molar-refractivity contribution in [2.45, 2.75) is 13.0 Å². The van der Waals surface area contributed by atoms with E-state index in [1.54, 1.807) is 6.07 Å². The number of pyridine rings is 1. The van der Waals surface area contributed by atoms with Crippen LogP contribution in [0.15, 0.2) is 12.1 Å². The summed E-state index contributed by atoms with van der Waals surface area (Å²) in [6, 6.07) is 3.69. The minimum absolute atomic E-state index is 0. The van der Waals surface area contributed by atoms with Gasteiger partial charge >= 0.3 is 8.69 Å². The molecule has 0 radical (unpaired) electrons. The van der Waals surface area contributed by atoms with Crippen molar-refractivity contribution in [3.63, 3.8) is 0 Å². The lowest BCUT2D eigenvalue weighted by Crippen LogP contribution is -2.24. The molecule has 6 heteroatoms. The molecule has 0 saturated heterocycles. The summed E-state index contributed by atoms with van der Waals surface area (Å²) < 4.78 is 14.9. The maximum atomic E-state index is 10.2. The maximum Gasteiger partial charge on any atom is 0.397 e. The lowest BCUT2D eigenvalue weighted by atomic mass is 10.1. The Labute approximate surface area is 89.8 Å². The van der Waals surface area contributed by atoms with E-state index in [4.69, 9.17) is 4.52 Å². The average Bonchev–Trinajstić information content (AvgIpc) is 2.18. The Morgan fingerprint density at radius 3 is 3.14 bits per heavy atom. The van der Waals surface area contributed by atoms with E-state index >= 15 is 0 Å². The largest absolute Gasteiger partial charge is 0.397 e. The van der Waals surface area contributed by atoms with Gasteiger partial charge < -0.3 is 9.84 Å². The molecule has 2 rings (SSSR count). The Morgan fingerprint density at radius 1 is 1.50 bits per heavy atom. The maximum absolute atomic E-state index is 10.2. The van der Waals surface area contributed by atoms with Gasteiger partial charge in [0, 0.05) is 25.6 Å². The highest BCUT2D eigenvalue weighted by molar-refractivity contribution is 7.17. The molecule has 2 heterocycles. The van der Waals surface area contributed by atoms with Crippen molar-refractivity contribution >= 4 is 21.1 Å². The first kappa shape index (κ1) is 11.4.